The molecule has 1 heterocycles. The second kappa shape index (κ2) is 6.73. The molecule has 2 aromatic rings. The highest BCUT2D eigenvalue weighted by molar-refractivity contribution is 5.84. The molecule has 0 amide bonds. The molecule has 0 radical (unpaired) electrons. The van der Waals surface area contributed by atoms with Crippen molar-refractivity contribution in [2.75, 3.05) is 26.2 Å². The molecule has 1 aromatic carbocycles. The van der Waals surface area contributed by atoms with Crippen molar-refractivity contribution >= 4 is 10.9 Å². The number of nitrogens with two attached hydrogens (primary N) is 1. The molecule has 0 saturated carbocycles. The maximum Gasteiger partial charge on any atom is 0.0483 e. The second-order valence-corrected chi connectivity index (χ2v) is 4.93. The molecule has 0 fully saturated rings. The van der Waals surface area contributed by atoms with E-state index in [-0.39, 0.29) is 0 Å². The lowest BCUT2D eigenvalue weighted by molar-refractivity contribution is 0.292. The minimum atomic E-state index is 0.712. The number of aromatic nitrogens is 1. The molecule has 0 bridgehead atoms. The van der Waals surface area contributed by atoms with Crippen LogP contribution in [-0.2, 0) is 13.0 Å². The molecule has 0 atom stereocenters. The molecule has 104 valence electrons. The smallest absolute Gasteiger partial charge is 0.0483 e. The zero-order chi connectivity index (χ0) is 13.7. The van der Waals surface area contributed by atoms with E-state index in [1.165, 1.54) is 16.5 Å². The van der Waals surface area contributed by atoms with E-state index in [4.69, 9.17) is 5.73 Å². The number of nitrogens with zero attached hydrogens (tertiary/aromatic N) is 2. The summed E-state index contributed by atoms with van der Waals surface area (Å²) < 4.78 is 2.37. The fourth-order valence-electron chi connectivity index (χ4n) is 2.65. The van der Waals surface area contributed by atoms with E-state index in [0.717, 1.165) is 32.6 Å². The molecule has 0 aliphatic carbocycles. The van der Waals surface area contributed by atoms with Gasteiger partial charge in [-0.2, -0.15) is 0 Å². The molecule has 3 nitrogen and oxygen atoms in total. The molecule has 1 aromatic heterocycles. The van der Waals surface area contributed by atoms with Crippen molar-refractivity contribution in [3.05, 3.63) is 36.0 Å². The Morgan fingerprint density at radius 1 is 1.16 bits per heavy atom. The van der Waals surface area contributed by atoms with E-state index in [1.54, 1.807) is 0 Å². The summed E-state index contributed by atoms with van der Waals surface area (Å²) in [7, 11) is 0. The summed E-state index contributed by atoms with van der Waals surface area (Å²) in [5.41, 5.74) is 8.41. The van der Waals surface area contributed by atoms with E-state index >= 15 is 0 Å². The number of fused-ring (bicyclic) bond motifs is 1. The first-order chi connectivity index (χ1) is 9.30. The van der Waals surface area contributed by atoms with Crippen LogP contribution in [0.15, 0.2) is 30.5 Å². The van der Waals surface area contributed by atoms with Crippen LogP contribution in [0.1, 0.15) is 19.4 Å². The topological polar surface area (TPSA) is 34.2 Å². The average molecular weight is 259 g/mol. The van der Waals surface area contributed by atoms with Crippen LogP contribution in [0.2, 0.25) is 0 Å². The van der Waals surface area contributed by atoms with Gasteiger partial charge in [-0.25, -0.2) is 0 Å². The van der Waals surface area contributed by atoms with Gasteiger partial charge in [0.2, 0.25) is 0 Å². The summed E-state index contributed by atoms with van der Waals surface area (Å²) in [5, 5.41) is 1.35. The van der Waals surface area contributed by atoms with Crippen molar-refractivity contribution in [2.45, 2.75) is 26.8 Å². The van der Waals surface area contributed by atoms with Crippen molar-refractivity contribution < 1.29 is 0 Å². The molecule has 0 aliphatic heterocycles. The van der Waals surface area contributed by atoms with Crippen LogP contribution in [0, 0.1) is 0 Å². The molecule has 0 saturated heterocycles. The molecule has 0 spiro atoms. The van der Waals surface area contributed by atoms with E-state index in [1.807, 2.05) is 0 Å². The average Bonchev–Trinajstić information content (AvgIpc) is 2.79. The molecular formula is C16H25N3. The maximum atomic E-state index is 5.71. The lowest BCUT2D eigenvalue weighted by Gasteiger charge is -2.18. The quantitative estimate of drug-likeness (QED) is 0.829. The van der Waals surface area contributed by atoms with Crippen LogP contribution in [0.4, 0.5) is 0 Å². The number of hydrogen-bond donors (Lipinski definition) is 1. The monoisotopic (exact) mass is 259 g/mol. The summed E-state index contributed by atoms with van der Waals surface area (Å²) in [6.07, 6.45) is 3.24. The first kappa shape index (κ1) is 14.1. The lowest BCUT2D eigenvalue weighted by atomic mass is 10.1. The van der Waals surface area contributed by atoms with Gasteiger partial charge >= 0.3 is 0 Å². The minimum Gasteiger partial charge on any atom is -0.346 e. The van der Waals surface area contributed by atoms with Crippen molar-refractivity contribution in [3.8, 4) is 0 Å². The van der Waals surface area contributed by atoms with Gasteiger partial charge in [0, 0.05) is 30.2 Å². The molecule has 2 N–H and O–H groups in total. The highest BCUT2D eigenvalue weighted by Crippen LogP contribution is 2.21. The summed E-state index contributed by atoms with van der Waals surface area (Å²) in [6.45, 7) is 9.54. The highest BCUT2D eigenvalue weighted by Gasteiger charge is 2.08. The number of para-hydroxylation sites is 1. The molecule has 0 unspecified atom stereocenters. The van der Waals surface area contributed by atoms with Gasteiger partial charge in [-0.05, 0) is 37.7 Å². The van der Waals surface area contributed by atoms with E-state index in [0.29, 0.717) is 6.54 Å². The fraction of sp³-hybridized carbons (Fsp3) is 0.500. The summed E-state index contributed by atoms with van der Waals surface area (Å²) in [5.74, 6) is 0. The Morgan fingerprint density at radius 2 is 1.89 bits per heavy atom. The Hall–Kier alpha value is -1.32. The summed E-state index contributed by atoms with van der Waals surface area (Å²) in [4.78, 5) is 2.46. The minimum absolute atomic E-state index is 0.712. The Bertz CT molecular complexity index is 512. The zero-order valence-electron chi connectivity index (χ0n) is 12.1. The van der Waals surface area contributed by atoms with E-state index in [2.05, 4.69) is 53.8 Å². The number of hydrogen-bond acceptors (Lipinski definition) is 2. The van der Waals surface area contributed by atoms with Gasteiger partial charge in [0.05, 0.1) is 0 Å². The Labute approximate surface area is 116 Å². The van der Waals surface area contributed by atoms with Gasteiger partial charge in [0.25, 0.3) is 0 Å². The summed E-state index contributed by atoms with van der Waals surface area (Å²) in [6, 6.07) is 8.63. The first-order valence-electron chi connectivity index (χ1n) is 7.29. The predicted octanol–water partition coefficient (Wildman–Crippen LogP) is 2.48. The Balaban J connectivity index is 2.22. The van der Waals surface area contributed by atoms with Crippen LogP contribution in [-0.4, -0.2) is 35.6 Å². The Morgan fingerprint density at radius 3 is 2.58 bits per heavy atom. The van der Waals surface area contributed by atoms with Crippen LogP contribution >= 0.6 is 0 Å². The van der Waals surface area contributed by atoms with Crippen molar-refractivity contribution in [3.63, 3.8) is 0 Å². The molecule has 3 heteroatoms. The molecule has 19 heavy (non-hydrogen) atoms. The van der Waals surface area contributed by atoms with Gasteiger partial charge in [0.15, 0.2) is 0 Å². The number of rotatable bonds is 7. The third-order valence-electron chi connectivity index (χ3n) is 3.84. The van der Waals surface area contributed by atoms with Crippen LogP contribution < -0.4 is 5.73 Å². The van der Waals surface area contributed by atoms with E-state index in [9.17, 15) is 0 Å². The van der Waals surface area contributed by atoms with Crippen molar-refractivity contribution in [1.82, 2.24) is 9.47 Å². The summed E-state index contributed by atoms with van der Waals surface area (Å²) >= 11 is 0. The van der Waals surface area contributed by atoms with Gasteiger partial charge < -0.3 is 15.2 Å². The Kier molecular flexibility index (Phi) is 5.00. The van der Waals surface area contributed by atoms with Gasteiger partial charge in [-0.1, -0.05) is 32.0 Å². The van der Waals surface area contributed by atoms with Crippen LogP contribution in [0.25, 0.3) is 10.9 Å². The van der Waals surface area contributed by atoms with E-state index < -0.39 is 0 Å². The van der Waals surface area contributed by atoms with Gasteiger partial charge in [0.1, 0.15) is 0 Å². The number of likely N-dealkylation sites (N-methyl/N-ethyl adjacent to an activating group) is 1. The standard InChI is InChI=1S/C16H25N3/c1-3-18(4-2)11-12-19-13-14(9-10-17)15-7-5-6-8-16(15)19/h5-8,13H,3-4,9-12,17H2,1-2H3. The SMILES string of the molecule is CCN(CC)CCn1cc(CCN)c2ccccc21. The van der Waals surface area contributed by atoms with Crippen molar-refractivity contribution in [1.29, 1.82) is 0 Å². The second-order valence-electron chi connectivity index (χ2n) is 4.93. The number of benzene rings is 1. The van der Waals surface area contributed by atoms with Crippen LogP contribution in [0.3, 0.4) is 0 Å². The third kappa shape index (κ3) is 3.17. The highest BCUT2D eigenvalue weighted by atomic mass is 15.1. The zero-order valence-corrected chi connectivity index (χ0v) is 12.1. The normalized spacial score (nSPS) is 11.6. The molecule has 2 rings (SSSR count). The van der Waals surface area contributed by atoms with Crippen molar-refractivity contribution in [2.24, 2.45) is 5.73 Å². The van der Waals surface area contributed by atoms with Crippen LogP contribution in [0.5, 0.6) is 0 Å². The largest absolute Gasteiger partial charge is 0.346 e. The van der Waals surface area contributed by atoms with Gasteiger partial charge in [-0.3, -0.25) is 0 Å². The predicted molar refractivity (Wildman–Crippen MR) is 82.5 cm³/mol. The third-order valence-corrected chi connectivity index (χ3v) is 3.84. The lowest BCUT2D eigenvalue weighted by Crippen LogP contribution is -2.26. The molecular weight excluding hydrogens is 234 g/mol. The van der Waals surface area contributed by atoms with Gasteiger partial charge in [-0.15, -0.1) is 0 Å². The fourth-order valence-corrected chi connectivity index (χ4v) is 2.65. The maximum absolute atomic E-state index is 5.71. The molecule has 0 aliphatic rings. The first-order valence-corrected chi connectivity index (χ1v) is 7.29.